The SMILES string of the molecule is O=C(Nc1c(F)cc(F)cc1F)N1CCN([C@@H](c2ccccc2)c2ccc(Br)cc2)CC1. The standard InChI is InChI=1S/C24H21BrF3N3O/c25-18-8-6-17(7-9-18)23(16-4-2-1-3-5-16)30-10-12-31(13-11-30)24(32)29-22-20(27)14-19(26)15-21(22)28/h1-9,14-15,23H,10-13H2,(H,29,32)/t23-/m0/s1. The third-order valence-electron chi connectivity index (χ3n) is 5.51. The quantitative estimate of drug-likeness (QED) is 0.487. The molecule has 32 heavy (non-hydrogen) atoms. The van der Waals surface area contributed by atoms with Crippen molar-refractivity contribution in [1.82, 2.24) is 9.80 Å². The number of halogens is 4. The third-order valence-corrected chi connectivity index (χ3v) is 6.04. The molecular weight excluding hydrogens is 483 g/mol. The Kier molecular flexibility index (Phi) is 6.81. The van der Waals surface area contributed by atoms with Crippen molar-refractivity contribution in [3.05, 3.63) is 99.8 Å². The lowest BCUT2D eigenvalue weighted by Crippen LogP contribution is -2.51. The fourth-order valence-corrected chi connectivity index (χ4v) is 4.19. The van der Waals surface area contributed by atoms with E-state index < -0.39 is 29.2 Å². The summed E-state index contributed by atoms with van der Waals surface area (Å²) in [4.78, 5) is 16.4. The molecule has 3 aromatic rings. The number of hydrogen-bond donors (Lipinski definition) is 1. The molecule has 0 aromatic heterocycles. The summed E-state index contributed by atoms with van der Waals surface area (Å²) in [6.07, 6.45) is 0. The average molecular weight is 504 g/mol. The Balaban J connectivity index is 1.47. The molecule has 1 N–H and O–H groups in total. The summed E-state index contributed by atoms with van der Waals surface area (Å²) in [5.41, 5.74) is 1.63. The number of urea groups is 1. The van der Waals surface area contributed by atoms with E-state index in [0.717, 1.165) is 15.6 Å². The van der Waals surface area contributed by atoms with Crippen molar-refractivity contribution >= 4 is 27.6 Å². The van der Waals surface area contributed by atoms with E-state index in [1.165, 1.54) is 4.90 Å². The number of carbonyl (C=O) groups is 1. The number of amides is 2. The van der Waals surface area contributed by atoms with E-state index in [9.17, 15) is 18.0 Å². The molecule has 0 unspecified atom stereocenters. The van der Waals surface area contributed by atoms with Crippen LogP contribution in [0.3, 0.4) is 0 Å². The second-order valence-corrected chi connectivity index (χ2v) is 8.48. The molecule has 0 spiro atoms. The zero-order valence-electron chi connectivity index (χ0n) is 17.1. The van der Waals surface area contributed by atoms with Crippen molar-refractivity contribution in [2.45, 2.75) is 6.04 Å². The van der Waals surface area contributed by atoms with Crippen LogP contribution in [-0.4, -0.2) is 42.0 Å². The Morgan fingerprint density at radius 2 is 1.41 bits per heavy atom. The van der Waals surface area contributed by atoms with Crippen LogP contribution in [0.4, 0.5) is 23.7 Å². The van der Waals surface area contributed by atoms with Gasteiger partial charge in [-0.2, -0.15) is 0 Å². The van der Waals surface area contributed by atoms with E-state index in [4.69, 9.17) is 0 Å². The third kappa shape index (κ3) is 4.97. The highest BCUT2D eigenvalue weighted by Crippen LogP contribution is 2.30. The molecule has 4 rings (SSSR count). The van der Waals surface area contributed by atoms with Gasteiger partial charge in [-0.1, -0.05) is 58.4 Å². The van der Waals surface area contributed by atoms with Gasteiger partial charge in [0.05, 0.1) is 6.04 Å². The van der Waals surface area contributed by atoms with Gasteiger partial charge in [-0.25, -0.2) is 18.0 Å². The molecule has 0 bridgehead atoms. The first-order valence-corrected chi connectivity index (χ1v) is 11.0. The maximum atomic E-state index is 13.9. The van der Waals surface area contributed by atoms with Crippen molar-refractivity contribution in [2.24, 2.45) is 0 Å². The molecule has 4 nitrogen and oxygen atoms in total. The average Bonchev–Trinajstić information content (AvgIpc) is 2.79. The minimum atomic E-state index is -1.14. The van der Waals surface area contributed by atoms with Gasteiger partial charge in [0.15, 0.2) is 11.6 Å². The molecule has 166 valence electrons. The van der Waals surface area contributed by atoms with E-state index in [-0.39, 0.29) is 6.04 Å². The molecule has 0 saturated carbocycles. The molecule has 1 heterocycles. The molecule has 1 saturated heterocycles. The number of carbonyl (C=O) groups excluding carboxylic acids is 1. The zero-order chi connectivity index (χ0) is 22.7. The van der Waals surface area contributed by atoms with Crippen molar-refractivity contribution in [2.75, 3.05) is 31.5 Å². The summed E-state index contributed by atoms with van der Waals surface area (Å²) in [6.45, 7) is 1.93. The van der Waals surface area contributed by atoms with Crippen LogP contribution in [0, 0.1) is 17.5 Å². The summed E-state index contributed by atoms with van der Waals surface area (Å²) in [5, 5.41) is 2.24. The normalized spacial score (nSPS) is 15.4. The smallest absolute Gasteiger partial charge is 0.322 e. The summed E-state index contributed by atoms with van der Waals surface area (Å²) in [6, 6.07) is 18.7. The fourth-order valence-electron chi connectivity index (χ4n) is 3.93. The molecule has 1 fully saturated rings. The largest absolute Gasteiger partial charge is 0.322 e. The Labute approximate surface area is 192 Å². The van der Waals surface area contributed by atoms with E-state index in [1.54, 1.807) is 0 Å². The number of hydrogen-bond acceptors (Lipinski definition) is 2. The van der Waals surface area contributed by atoms with Crippen LogP contribution in [0.2, 0.25) is 0 Å². The van der Waals surface area contributed by atoms with Crippen LogP contribution in [0.1, 0.15) is 17.2 Å². The van der Waals surface area contributed by atoms with Gasteiger partial charge in [0.25, 0.3) is 0 Å². The van der Waals surface area contributed by atoms with E-state index >= 15 is 0 Å². The number of nitrogens with zero attached hydrogens (tertiary/aromatic N) is 2. The second-order valence-electron chi connectivity index (χ2n) is 7.56. The van der Waals surface area contributed by atoms with Gasteiger partial charge < -0.3 is 10.2 Å². The van der Waals surface area contributed by atoms with Crippen LogP contribution in [0.5, 0.6) is 0 Å². The predicted molar refractivity (Wildman–Crippen MR) is 121 cm³/mol. The molecule has 8 heteroatoms. The molecule has 3 aromatic carbocycles. The first-order chi connectivity index (χ1) is 15.4. The highest BCUT2D eigenvalue weighted by Gasteiger charge is 2.29. The lowest BCUT2D eigenvalue weighted by molar-refractivity contribution is 0.126. The highest BCUT2D eigenvalue weighted by atomic mass is 79.9. The minimum absolute atomic E-state index is 0.0153. The number of rotatable bonds is 4. The first kappa shape index (κ1) is 22.4. The van der Waals surface area contributed by atoms with E-state index in [1.807, 2.05) is 30.3 Å². The van der Waals surface area contributed by atoms with Crippen LogP contribution in [0.25, 0.3) is 0 Å². The van der Waals surface area contributed by atoms with Gasteiger partial charge in [0, 0.05) is 42.8 Å². The predicted octanol–water partition coefficient (Wildman–Crippen LogP) is 5.81. The molecule has 1 aliphatic rings. The summed E-state index contributed by atoms with van der Waals surface area (Å²) in [5.74, 6) is -3.32. The molecule has 2 amide bonds. The van der Waals surface area contributed by atoms with Gasteiger partial charge in [-0.15, -0.1) is 0 Å². The van der Waals surface area contributed by atoms with Crippen molar-refractivity contribution < 1.29 is 18.0 Å². The number of anilines is 1. The Morgan fingerprint density at radius 3 is 2.00 bits per heavy atom. The highest BCUT2D eigenvalue weighted by molar-refractivity contribution is 9.10. The monoisotopic (exact) mass is 503 g/mol. The van der Waals surface area contributed by atoms with Gasteiger partial charge in [0.1, 0.15) is 11.5 Å². The lowest BCUT2D eigenvalue weighted by atomic mass is 9.96. The molecule has 1 atom stereocenters. The minimum Gasteiger partial charge on any atom is -0.322 e. The number of nitrogens with one attached hydrogen (secondary N) is 1. The van der Waals surface area contributed by atoms with Crippen molar-refractivity contribution in [3.8, 4) is 0 Å². The Bertz CT molecular complexity index is 1060. The topological polar surface area (TPSA) is 35.6 Å². The van der Waals surface area contributed by atoms with Crippen molar-refractivity contribution in [1.29, 1.82) is 0 Å². The fraction of sp³-hybridized carbons (Fsp3) is 0.208. The summed E-state index contributed by atoms with van der Waals surface area (Å²) < 4.78 is 41.9. The Morgan fingerprint density at radius 1 is 0.844 bits per heavy atom. The van der Waals surface area contributed by atoms with Crippen LogP contribution < -0.4 is 5.32 Å². The molecule has 0 radical (unpaired) electrons. The maximum absolute atomic E-state index is 13.9. The van der Waals surface area contributed by atoms with E-state index in [2.05, 4.69) is 50.4 Å². The van der Waals surface area contributed by atoms with Crippen LogP contribution in [0.15, 0.2) is 71.2 Å². The van der Waals surface area contributed by atoms with Crippen LogP contribution >= 0.6 is 15.9 Å². The number of piperazine rings is 1. The summed E-state index contributed by atoms with van der Waals surface area (Å²) >= 11 is 3.47. The molecule has 1 aliphatic heterocycles. The first-order valence-electron chi connectivity index (χ1n) is 10.2. The van der Waals surface area contributed by atoms with Gasteiger partial charge >= 0.3 is 6.03 Å². The van der Waals surface area contributed by atoms with Gasteiger partial charge in [-0.3, -0.25) is 4.90 Å². The number of benzene rings is 3. The maximum Gasteiger partial charge on any atom is 0.322 e. The van der Waals surface area contributed by atoms with Crippen molar-refractivity contribution in [3.63, 3.8) is 0 Å². The zero-order valence-corrected chi connectivity index (χ0v) is 18.7. The van der Waals surface area contributed by atoms with Gasteiger partial charge in [0.2, 0.25) is 0 Å². The molecule has 0 aliphatic carbocycles. The second kappa shape index (κ2) is 9.75. The van der Waals surface area contributed by atoms with Crippen LogP contribution in [-0.2, 0) is 0 Å². The molecular formula is C24H21BrF3N3O. The van der Waals surface area contributed by atoms with Gasteiger partial charge in [-0.05, 0) is 23.3 Å². The Hall–Kier alpha value is -2.84. The summed E-state index contributed by atoms with van der Waals surface area (Å²) in [7, 11) is 0. The van der Waals surface area contributed by atoms with E-state index in [0.29, 0.717) is 38.3 Å². The lowest BCUT2D eigenvalue weighted by Gasteiger charge is -2.39.